The second kappa shape index (κ2) is 8.55. The van der Waals surface area contributed by atoms with E-state index in [9.17, 15) is 4.79 Å². The SMILES string of the molecule is CCc1nccn1CCN1CCN(C(=O)C2c3ccccc3Oc3ccccc32)CC1. The molecule has 1 aromatic heterocycles. The fourth-order valence-electron chi connectivity index (χ4n) is 4.66. The van der Waals surface area contributed by atoms with Gasteiger partial charge in [-0.3, -0.25) is 9.69 Å². The van der Waals surface area contributed by atoms with Gasteiger partial charge in [0.25, 0.3) is 0 Å². The number of hydrogen-bond acceptors (Lipinski definition) is 4. The summed E-state index contributed by atoms with van der Waals surface area (Å²) in [7, 11) is 0. The van der Waals surface area contributed by atoms with Crippen molar-refractivity contribution in [1.29, 1.82) is 0 Å². The molecule has 0 saturated carbocycles. The Balaban J connectivity index is 1.27. The van der Waals surface area contributed by atoms with Gasteiger partial charge in [0.2, 0.25) is 5.91 Å². The van der Waals surface area contributed by atoms with Crippen molar-refractivity contribution in [1.82, 2.24) is 19.4 Å². The Kier molecular flexibility index (Phi) is 5.47. The fraction of sp³-hybridized carbons (Fsp3) is 0.360. The van der Waals surface area contributed by atoms with Gasteiger partial charge in [-0.1, -0.05) is 43.3 Å². The van der Waals surface area contributed by atoms with Gasteiger partial charge in [-0.2, -0.15) is 0 Å². The number of rotatable bonds is 5. The molecule has 2 aliphatic rings. The number of carbonyl (C=O) groups is 1. The van der Waals surface area contributed by atoms with Crippen LogP contribution in [0.4, 0.5) is 0 Å². The summed E-state index contributed by atoms with van der Waals surface area (Å²) in [5.74, 6) is 2.57. The largest absolute Gasteiger partial charge is 0.457 e. The Labute approximate surface area is 183 Å². The number of carbonyl (C=O) groups excluding carboxylic acids is 1. The molecule has 0 spiro atoms. The molecule has 160 valence electrons. The standard InChI is InChI=1S/C25H28N4O2/c1-2-23-26-11-12-28(23)16-13-27-14-17-29(18-15-27)25(30)24-19-7-3-5-9-21(19)31-22-10-6-4-8-20(22)24/h3-12,24H,2,13-18H2,1H3. The first-order chi connectivity index (χ1) is 15.2. The maximum atomic E-state index is 13.7. The predicted octanol–water partition coefficient (Wildman–Crippen LogP) is 3.53. The van der Waals surface area contributed by atoms with E-state index in [0.717, 1.165) is 74.1 Å². The fourth-order valence-corrected chi connectivity index (χ4v) is 4.66. The molecule has 0 N–H and O–H groups in total. The molecule has 2 aliphatic heterocycles. The lowest BCUT2D eigenvalue weighted by Crippen LogP contribution is -2.50. The molecule has 1 fully saturated rings. The minimum Gasteiger partial charge on any atom is -0.457 e. The van der Waals surface area contributed by atoms with Gasteiger partial charge in [0.05, 0.1) is 5.92 Å². The number of aromatic nitrogens is 2. The Bertz CT molecular complexity index is 1020. The van der Waals surface area contributed by atoms with Gasteiger partial charge in [0.1, 0.15) is 17.3 Å². The normalized spacial score (nSPS) is 16.5. The summed E-state index contributed by atoms with van der Waals surface area (Å²) in [5, 5.41) is 0. The minimum absolute atomic E-state index is 0.172. The number of amides is 1. The van der Waals surface area contributed by atoms with Crippen molar-refractivity contribution in [3.63, 3.8) is 0 Å². The van der Waals surface area contributed by atoms with Crippen molar-refractivity contribution >= 4 is 5.91 Å². The van der Waals surface area contributed by atoms with Crippen LogP contribution in [0.25, 0.3) is 0 Å². The van der Waals surface area contributed by atoms with E-state index in [2.05, 4.69) is 27.6 Å². The van der Waals surface area contributed by atoms with Crippen molar-refractivity contribution in [3.05, 3.63) is 77.9 Å². The third-order valence-corrected chi connectivity index (χ3v) is 6.39. The number of imidazole rings is 1. The van der Waals surface area contributed by atoms with E-state index >= 15 is 0 Å². The van der Waals surface area contributed by atoms with Crippen molar-refractivity contribution in [3.8, 4) is 11.5 Å². The number of hydrogen-bond donors (Lipinski definition) is 0. The summed E-state index contributed by atoms with van der Waals surface area (Å²) >= 11 is 0. The van der Waals surface area contributed by atoms with Crippen LogP contribution in [0.15, 0.2) is 60.9 Å². The van der Waals surface area contributed by atoms with Crippen LogP contribution in [0.5, 0.6) is 11.5 Å². The van der Waals surface area contributed by atoms with Crippen molar-refractivity contribution in [2.24, 2.45) is 0 Å². The van der Waals surface area contributed by atoms with E-state index in [-0.39, 0.29) is 11.8 Å². The summed E-state index contributed by atoms with van der Waals surface area (Å²) in [5.41, 5.74) is 1.92. The van der Waals surface area contributed by atoms with E-state index in [4.69, 9.17) is 4.74 Å². The predicted molar refractivity (Wildman–Crippen MR) is 119 cm³/mol. The molecular formula is C25H28N4O2. The number of ether oxygens (including phenoxy) is 1. The van der Waals surface area contributed by atoms with E-state index in [1.54, 1.807) is 0 Å². The smallest absolute Gasteiger partial charge is 0.234 e. The molecule has 5 rings (SSSR count). The van der Waals surface area contributed by atoms with E-state index in [1.807, 2.05) is 59.6 Å². The molecule has 2 aromatic carbocycles. The van der Waals surface area contributed by atoms with Crippen molar-refractivity contribution in [2.45, 2.75) is 25.8 Å². The number of fused-ring (bicyclic) bond motifs is 2. The van der Waals surface area contributed by atoms with Crippen molar-refractivity contribution < 1.29 is 9.53 Å². The monoisotopic (exact) mass is 416 g/mol. The third-order valence-electron chi connectivity index (χ3n) is 6.39. The number of piperazine rings is 1. The molecule has 0 atom stereocenters. The Morgan fingerprint density at radius 3 is 2.26 bits per heavy atom. The van der Waals surface area contributed by atoms with Crippen LogP contribution in [0, 0.1) is 0 Å². The third kappa shape index (κ3) is 3.83. The first-order valence-electron chi connectivity index (χ1n) is 11.1. The van der Waals surface area contributed by atoms with Crippen LogP contribution in [0.2, 0.25) is 0 Å². The highest BCUT2D eigenvalue weighted by Crippen LogP contribution is 2.44. The molecule has 0 radical (unpaired) electrons. The number of para-hydroxylation sites is 2. The molecule has 31 heavy (non-hydrogen) atoms. The maximum absolute atomic E-state index is 13.7. The van der Waals surface area contributed by atoms with Crippen LogP contribution in [-0.4, -0.2) is 58.0 Å². The molecule has 0 bridgehead atoms. The molecule has 0 aliphatic carbocycles. The molecular weight excluding hydrogens is 388 g/mol. The van der Waals surface area contributed by atoms with Gasteiger partial charge in [0.15, 0.2) is 0 Å². The van der Waals surface area contributed by atoms with Crippen LogP contribution in [-0.2, 0) is 17.8 Å². The first kappa shape index (κ1) is 19.8. The van der Waals surface area contributed by atoms with E-state index < -0.39 is 0 Å². The maximum Gasteiger partial charge on any atom is 0.234 e. The molecule has 1 saturated heterocycles. The highest BCUT2D eigenvalue weighted by Gasteiger charge is 2.36. The van der Waals surface area contributed by atoms with Gasteiger partial charge in [-0.25, -0.2) is 4.98 Å². The van der Waals surface area contributed by atoms with E-state index in [0.29, 0.717) is 0 Å². The lowest BCUT2D eigenvalue weighted by molar-refractivity contribution is -0.133. The molecule has 6 heteroatoms. The number of benzene rings is 2. The number of aryl methyl sites for hydroxylation is 1. The van der Waals surface area contributed by atoms with Crippen LogP contribution < -0.4 is 4.74 Å². The minimum atomic E-state index is -0.300. The molecule has 3 heterocycles. The van der Waals surface area contributed by atoms with Crippen molar-refractivity contribution in [2.75, 3.05) is 32.7 Å². The molecule has 0 unspecified atom stereocenters. The van der Waals surface area contributed by atoms with Gasteiger partial charge in [-0.15, -0.1) is 0 Å². The summed E-state index contributed by atoms with van der Waals surface area (Å²) in [6, 6.07) is 15.8. The highest BCUT2D eigenvalue weighted by molar-refractivity contribution is 5.89. The molecule has 6 nitrogen and oxygen atoms in total. The zero-order chi connectivity index (χ0) is 21.2. The average Bonchev–Trinajstić information content (AvgIpc) is 3.29. The van der Waals surface area contributed by atoms with Gasteiger partial charge in [0, 0.05) is 69.2 Å². The average molecular weight is 417 g/mol. The van der Waals surface area contributed by atoms with Crippen LogP contribution in [0.3, 0.4) is 0 Å². The first-order valence-corrected chi connectivity index (χ1v) is 11.1. The van der Waals surface area contributed by atoms with Crippen LogP contribution in [0.1, 0.15) is 29.8 Å². The summed E-state index contributed by atoms with van der Waals surface area (Å²) in [6.45, 7) is 7.36. The molecule has 1 amide bonds. The zero-order valence-electron chi connectivity index (χ0n) is 17.9. The summed E-state index contributed by atoms with van der Waals surface area (Å²) in [6.07, 6.45) is 4.88. The Hall–Kier alpha value is -3.12. The summed E-state index contributed by atoms with van der Waals surface area (Å²) < 4.78 is 8.29. The van der Waals surface area contributed by atoms with Gasteiger partial charge < -0.3 is 14.2 Å². The Morgan fingerprint density at radius 1 is 0.968 bits per heavy atom. The lowest BCUT2D eigenvalue weighted by Gasteiger charge is -2.38. The summed E-state index contributed by atoms with van der Waals surface area (Å²) in [4.78, 5) is 22.5. The second-order valence-corrected chi connectivity index (χ2v) is 8.17. The highest BCUT2D eigenvalue weighted by atomic mass is 16.5. The topological polar surface area (TPSA) is 50.6 Å². The van der Waals surface area contributed by atoms with Gasteiger partial charge >= 0.3 is 0 Å². The van der Waals surface area contributed by atoms with Crippen LogP contribution >= 0.6 is 0 Å². The van der Waals surface area contributed by atoms with E-state index in [1.165, 1.54) is 0 Å². The lowest BCUT2D eigenvalue weighted by atomic mass is 9.86. The number of nitrogens with zero attached hydrogens (tertiary/aromatic N) is 4. The zero-order valence-corrected chi connectivity index (χ0v) is 17.9. The second-order valence-electron chi connectivity index (χ2n) is 8.17. The Morgan fingerprint density at radius 2 is 1.61 bits per heavy atom. The quantitative estimate of drug-likeness (QED) is 0.639. The van der Waals surface area contributed by atoms with Gasteiger partial charge in [-0.05, 0) is 12.1 Å². The molecule has 3 aromatic rings.